The molecule has 2 aromatic carbocycles. The molecule has 0 radical (unpaired) electrons. The molecule has 0 atom stereocenters. The molecule has 0 aliphatic carbocycles. The number of nitrogens with one attached hydrogen (secondary N) is 1. The van der Waals surface area contributed by atoms with Gasteiger partial charge in [-0.2, -0.15) is 17.0 Å². The lowest BCUT2D eigenvalue weighted by molar-refractivity contribution is -0.122. The second-order valence-electron chi connectivity index (χ2n) is 7.23. The molecule has 28 heavy (non-hydrogen) atoms. The van der Waals surface area contributed by atoms with Gasteiger partial charge in [0.15, 0.2) is 0 Å². The molecule has 6 nitrogen and oxygen atoms in total. The zero-order chi connectivity index (χ0) is 20.1. The van der Waals surface area contributed by atoms with Crippen molar-refractivity contribution in [1.29, 1.82) is 0 Å². The van der Waals surface area contributed by atoms with Crippen molar-refractivity contribution in [3.63, 3.8) is 0 Å². The van der Waals surface area contributed by atoms with Crippen molar-refractivity contribution in [2.45, 2.75) is 24.8 Å². The Morgan fingerprint density at radius 2 is 1.43 bits per heavy atom. The Morgan fingerprint density at radius 3 is 1.86 bits per heavy atom. The van der Waals surface area contributed by atoms with E-state index in [1.165, 1.54) is 22.7 Å². The first-order valence-electron chi connectivity index (χ1n) is 9.47. The number of rotatable bonds is 6. The molecule has 0 saturated carbocycles. The fourth-order valence-corrected chi connectivity index (χ4v) is 4.67. The Kier molecular flexibility index (Phi) is 6.49. The molecular formula is C21H27N3O3S. The Balaban J connectivity index is 1.70. The van der Waals surface area contributed by atoms with E-state index in [0.717, 1.165) is 11.1 Å². The molecule has 3 rings (SSSR count). The topological polar surface area (TPSA) is 69.7 Å². The predicted octanol–water partition coefficient (Wildman–Crippen LogP) is 2.21. The van der Waals surface area contributed by atoms with Crippen LogP contribution in [0.3, 0.4) is 0 Å². The van der Waals surface area contributed by atoms with Gasteiger partial charge in [0, 0.05) is 33.2 Å². The lowest BCUT2D eigenvalue weighted by atomic mass is 9.90. The smallest absolute Gasteiger partial charge is 0.281 e. The summed E-state index contributed by atoms with van der Waals surface area (Å²) in [5.41, 5.74) is 1.89. The second kappa shape index (κ2) is 8.86. The molecule has 1 fully saturated rings. The standard InChI is InChI=1S/C21H27N3O3S/c1-23(2)28(26,27)24-15-13-19(14-16-24)22-21(25)20(17-9-5-3-6-10-17)18-11-7-4-8-12-18/h3-12,19-20H,13-16H2,1-2H3,(H,22,25). The number of hydrogen-bond donors (Lipinski definition) is 1. The van der Waals surface area contributed by atoms with Crippen LogP contribution in [0.1, 0.15) is 29.9 Å². The summed E-state index contributed by atoms with van der Waals surface area (Å²) in [7, 11) is -0.330. The third-order valence-electron chi connectivity index (χ3n) is 5.12. The minimum atomic E-state index is -3.40. The van der Waals surface area contributed by atoms with Crippen LogP contribution in [0.15, 0.2) is 60.7 Å². The molecule has 1 aliphatic heterocycles. The lowest BCUT2D eigenvalue weighted by Gasteiger charge is -2.33. The fraction of sp³-hybridized carbons (Fsp3) is 0.381. The SMILES string of the molecule is CN(C)S(=O)(=O)N1CCC(NC(=O)C(c2ccccc2)c2ccccc2)CC1. The van der Waals surface area contributed by atoms with Crippen LogP contribution in [0.4, 0.5) is 0 Å². The van der Waals surface area contributed by atoms with Crippen LogP contribution in [0.5, 0.6) is 0 Å². The quantitative estimate of drug-likeness (QED) is 0.807. The maximum Gasteiger partial charge on any atom is 0.281 e. The Hall–Kier alpha value is -2.22. The van der Waals surface area contributed by atoms with Crippen molar-refractivity contribution < 1.29 is 13.2 Å². The van der Waals surface area contributed by atoms with Crippen LogP contribution in [0, 0.1) is 0 Å². The van der Waals surface area contributed by atoms with Gasteiger partial charge in [-0.1, -0.05) is 60.7 Å². The van der Waals surface area contributed by atoms with E-state index in [4.69, 9.17) is 0 Å². The number of benzene rings is 2. The van der Waals surface area contributed by atoms with Gasteiger partial charge >= 0.3 is 0 Å². The van der Waals surface area contributed by atoms with E-state index in [-0.39, 0.29) is 17.9 Å². The summed E-state index contributed by atoms with van der Waals surface area (Å²) in [5.74, 6) is -0.433. The van der Waals surface area contributed by atoms with Crippen molar-refractivity contribution in [3.8, 4) is 0 Å². The van der Waals surface area contributed by atoms with Gasteiger partial charge in [0.1, 0.15) is 0 Å². The molecule has 0 unspecified atom stereocenters. The van der Waals surface area contributed by atoms with Gasteiger partial charge < -0.3 is 5.32 Å². The molecule has 2 aromatic rings. The molecule has 0 bridgehead atoms. The Morgan fingerprint density at radius 1 is 0.964 bits per heavy atom. The second-order valence-corrected chi connectivity index (χ2v) is 9.37. The first kappa shape index (κ1) is 20.5. The van der Waals surface area contributed by atoms with Crippen LogP contribution >= 0.6 is 0 Å². The van der Waals surface area contributed by atoms with E-state index in [1.54, 1.807) is 0 Å². The fourth-order valence-electron chi connectivity index (χ4n) is 3.53. The summed E-state index contributed by atoms with van der Waals surface area (Å²) in [6.07, 6.45) is 1.21. The molecule has 150 valence electrons. The number of carbonyl (C=O) groups is 1. The monoisotopic (exact) mass is 401 g/mol. The predicted molar refractivity (Wildman–Crippen MR) is 110 cm³/mol. The first-order valence-corrected chi connectivity index (χ1v) is 10.9. The van der Waals surface area contributed by atoms with Gasteiger partial charge in [-0.15, -0.1) is 0 Å². The van der Waals surface area contributed by atoms with E-state index in [0.29, 0.717) is 25.9 Å². The average molecular weight is 402 g/mol. The molecule has 0 aromatic heterocycles. The highest BCUT2D eigenvalue weighted by Gasteiger charge is 2.31. The molecule has 1 amide bonds. The highest BCUT2D eigenvalue weighted by molar-refractivity contribution is 7.86. The molecule has 7 heteroatoms. The van der Waals surface area contributed by atoms with Crippen molar-refractivity contribution in [3.05, 3.63) is 71.8 Å². The van der Waals surface area contributed by atoms with E-state index in [9.17, 15) is 13.2 Å². The molecular weight excluding hydrogens is 374 g/mol. The van der Waals surface area contributed by atoms with Gasteiger partial charge in [-0.3, -0.25) is 4.79 Å². The first-order chi connectivity index (χ1) is 13.4. The highest BCUT2D eigenvalue weighted by atomic mass is 32.2. The highest BCUT2D eigenvalue weighted by Crippen LogP contribution is 2.25. The minimum absolute atomic E-state index is 0.0314. The summed E-state index contributed by atoms with van der Waals surface area (Å²) in [4.78, 5) is 13.1. The normalized spacial score (nSPS) is 16.4. The van der Waals surface area contributed by atoms with Crippen LogP contribution in [0.25, 0.3) is 0 Å². The van der Waals surface area contributed by atoms with Crippen LogP contribution in [0.2, 0.25) is 0 Å². The van der Waals surface area contributed by atoms with Crippen molar-refractivity contribution in [2.75, 3.05) is 27.2 Å². The zero-order valence-corrected chi connectivity index (χ0v) is 17.1. The third kappa shape index (κ3) is 4.60. The summed E-state index contributed by atoms with van der Waals surface area (Å²) in [6.45, 7) is 0.819. The Labute approximate surface area is 167 Å². The third-order valence-corrected chi connectivity index (χ3v) is 7.06. The molecule has 1 aliphatic rings. The van der Waals surface area contributed by atoms with Crippen LogP contribution in [-0.2, 0) is 15.0 Å². The lowest BCUT2D eigenvalue weighted by Crippen LogP contribution is -2.50. The Bertz CT molecular complexity index is 838. The maximum absolute atomic E-state index is 13.1. The summed E-state index contributed by atoms with van der Waals surface area (Å²) in [5, 5.41) is 3.14. The van der Waals surface area contributed by atoms with E-state index in [2.05, 4.69) is 5.32 Å². The van der Waals surface area contributed by atoms with Gasteiger partial charge in [-0.25, -0.2) is 0 Å². The summed E-state index contributed by atoms with van der Waals surface area (Å²) >= 11 is 0. The average Bonchev–Trinajstić information content (AvgIpc) is 2.70. The summed E-state index contributed by atoms with van der Waals surface area (Å²) < 4.78 is 27.2. The molecule has 1 saturated heterocycles. The van der Waals surface area contributed by atoms with E-state index < -0.39 is 10.2 Å². The number of amides is 1. The number of nitrogens with zero attached hydrogens (tertiary/aromatic N) is 2. The van der Waals surface area contributed by atoms with Gasteiger partial charge in [-0.05, 0) is 24.0 Å². The molecule has 1 N–H and O–H groups in total. The van der Waals surface area contributed by atoms with Crippen molar-refractivity contribution in [2.24, 2.45) is 0 Å². The van der Waals surface area contributed by atoms with Gasteiger partial charge in [0.05, 0.1) is 5.92 Å². The maximum atomic E-state index is 13.1. The van der Waals surface area contributed by atoms with Crippen LogP contribution < -0.4 is 5.32 Å². The van der Waals surface area contributed by atoms with Crippen molar-refractivity contribution in [1.82, 2.24) is 13.9 Å². The van der Waals surface area contributed by atoms with Gasteiger partial charge in [0.2, 0.25) is 5.91 Å². The number of carbonyl (C=O) groups excluding carboxylic acids is 1. The summed E-state index contributed by atoms with van der Waals surface area (Å²) in [6, 6.07) is 19.4. The molecule has 1 heterocycles. The van der Waals surface area contributed by atoms with E-state index in [1.807, 2.05) is 60.7 Å². The van der Waals surface area contributed by atoms with Gasteiger partial charge in [0.25, 0.3) is 10.2 Å². The van der Waals surface area contributed by atoms with E-state index >= 15 is 0 Å². The molecule has 0 spiro atoms. The minimum Gasteiger partial charge on any atom is -0.352 e. The largest absolute Gasteiger partial charge is 0.352 e. The van der Waals surface area contributed by atoms with Crippen LogP contribution in [-0.4, -0.2) is 56.2 Å². The number of hydrogen-bond acceptors (Lipinski definition) is 3. The zero-order valence-electron chi connectivity index (χ0n) is 16.3. The number of piperidine rings is 1. The van der Waals surface area contributed by atoms with Crippen molar-refractivity contribution >= 4 is 16.1 Å².